The number of hydrogen-bond donors (Lipinski definition) is 1. The molecule has 1 amide bonds. The quantitative estimate of drug-likeness (QED) is 0.682. The van der Waals surface area contributed by atoms with Gasteiger partial charge in [0.25, 0.3) is 5.91 Å². The summed E-state index contributed by atoms with van der Waals surface area (Å²) in [5, 5.41) is 7.93. The molecule has 4 nitrogen and oxygen atoms in total. The molecule has 0 aliphatic heterocycles. The minimum absolute atomic E-state index is 0.284. The summed E-state index contributed by atoms with van der Waals surface area (Å²) in [4.78, 5) is 12.7. The van der Waals surface area contributed by atoms with Crippen molar-refractivity contribution in [3.63, 3.8) is 0 Å². The van der Waals surface area contributed by atoms with Crippen molar-refractivity contribution in [1.82, 2.24) is 10.5 Å². The molecule has 0 aliphatic carbocycles. The molecule has 0 unspecified atom stereocenters. The third-order valence-electron chi connectivity index (χ3n) is 3.99. The molecule has 0 spiro atoms. The van der Waals surface area contributed by atoms with Crippen LogP contribution < -0.4 is 5.32 Å². The van der Waals surface area contributed by atoms with E-state index in [0.717, 1.165) is 11.1 Å². The Morgan fingerprint density at radius 2 is 1.80 bits per heavy atom. The van der Waals surface area contributed by atoms with Gasteiger partial charge in [-0.25, -0.2) is 0 Å². The van der Waals surface area contributed by atoms with E-state index in [9.17, 15) is 4.79 Å². The molecule has 0 saturated carbocycles. The van der Waals surface area contributed by atoms with Gasteiger partial charge in [0.15, 0.2) is 5.76 Å². The second-order valence-corrected chi connectivity index (χ2v) is 6.48. The Kier molecular flexibility index (Phi) is 5.11. The highest BCUT2D eigenvalue weighted by Crippen LogP contribution is 2.32. The highest BCUT2D eigenvalue weighted by Gasteiger charge is 2.23. The first kappa shape index (κ1) is 17.5. The lowest BCUT2D eigenvalue weighted by molar-refractivity contribution is 0.0950. The Morgan fingerprint density at radius 3 is 2.52 bits per heavy atom. The third-order valence-corrected chi connectivity index (χ3v) is 4.67. The van der Waals surface area contributed by atoms with Gasteiger partial charge in [-0.3, -0.25) is 4.79 Å². The lowest BCUT2D eigenvalue weighted by atomic mass is 10.1. The lowest BCUT2D eigenvalue weighted by Crippen LogP contribution is -2.24. The first-order valence-corrected chi connectivity index (χ1v) is 8.48. The summed E-state index contributed by atoms with van der Waals surface area (Å²) < 4.78 is 5.36. The second-order valence-electron chi connectivity index (χ2n) is 5.67. The van der Waals surface area contributed by atoms with Crippen LogP contribution in [-0.2, 0) is 6.54 Å². The summed E-state index contributed by atoms with van der Waals surface area (Å²) in [5.74, 6) is 0.0736. The van der Waals surface area contributed by atoms with Gasteiger partial charge < -0.3 is 9.84 Å². The number of aromatic nitrogens is 1. The number of hydrogen-bond acceptors (Lipinski definition) is 3. The average Bonchev–Trinajstić information content (AvgIpc) is 2.96. The van der Waals surface area contributed by atoms with Crippen LogP contribution in [0.3, 0.4) is 0 Å². The molecule has 0 atom stereocenters. The zero-order valence-corrected chi connectivity index (χ0v) is 15.3. The monoisotopic (exact) mass is 374 g/mol. The predicted octanol–water partition coefficient (Wildman–Crippen LogP) is 5.20. The highest BCUT2D eigenvalue weighted by molar-refractivity contribution is 6.33. The number of benzene rings is 2. The van der Waals surface area contributed by atoms with Crippen molar-refractivity contribution in [1.29, 1.82) is 0 Å². The molecule has 128 valence electrons. The van der Waals surface area contributed by atoms with E-state index in [2.05, 4.69) is 10.5 Å². The smallest absolute Gasteiger partial charge is 0.257 e. The van der Waals surface area contributed by atoms with Crippen molar-refractivity contribution < 1.29 is 9.32 Å². The maximum atomic E-state index is 12.7. The van der Waals surface area contributed by atoms with E-state index < -0.39 is 0 Å². The minimum atomic E-state index is -0.284. The largest absolute Gasteiger partial charge is 0.355 e. The molecule has 1 N–H and O–H groups in total. The standard InChI is InChI=1S/C19H16Cl2N2O2/c1-11-6-5-9-16(21)14(11)10-22-19(24)17-12(2)23-25-18(17)13-7-3-4-8-15(13)20/h3-9H,10H2,1-2H3,(H,22,24). The summed E-state index contributed by atoms with van der Waals surface area (Å²) in [7, 11) is 0. The van der Waals surface area contributed by atoms with Crippen molar-refractivity contribution in [2.45, 2.75) is 20.4 Å². The second kappa shape index (κ2) is 7.30. The fourth-order valence-electron chi connectivity index (χ4n) is 2.61. The topological polar surface area (TPSA) is 55.1 Å². The molecule has 0 saturated heterocycles. The van der Waals surface area contributed by atoms with Crippen molar-refractivity contribution >= 4 is 29.1 Å². The van der Waals surface area contributed by atoms with Gasteiger partial charge in [0.2, 0.25) is 0 Å². The number of halogens is 2. The van der Waals surface area contributed by atoms with Crippen LogP contribution in [0, 0.1) is 13.8 Å². The number of carbonyl (C=O) groups is 1. The van der Waals surface area contributed by atoms with E-state index in [1.54, 1.807) is 25.1 Å². The molecular formula is C19H16Cl2N2O2. The van der Waals surface area contributed by atoms with E-state index in [-0.39, 0.29) is 5.91 Å². The van der Waals surface area contributed by atoms with Gasteiger partial charge in [-0.2, -0.15) is 0 Å². The van der Waals surface area contributed by atoms with E-state index in [0.29, 0.717) is 39.2 Å². The van der Waals surface area contributed by atoms with E-state index >= 15 is 0 Å². The van der Waals surface area contributed by atoms with Crippen molar-refractivity contribution in [3.8, 4) is 11.3 Å². The fourth-order valence-corrected chi connectivity index (χ4v) is 3.12. The summed E-state index contributed by atoms with van der Waals surface area (Å²) in [6.07, 6.45) is 0. The average molecular weight is 375 g/mol. The Balaban J connectivity index is 1.89. The molecular weight excluding hydrogens is 359 g/mol. The Morgan fingerprint density at radius 1 is 1.08 bits per heavy atom. The predicted molar refractivity (Wildman–Crippen MR) is 99.0 cm³/mol. The van der Waals surface area contributed by atoms with Crippen LogP contribution in [0.1, 0.15) is 27.2 Å². The number of aryl methyl sites for hydroxylation is 2. The van der Waals surface area contributed by atoms with Crippen molar-refractivity contribution in [2.24, 2.45) is 0 Å². The summed E-state index contributed by atoms with van der Waals surface area (Å²) in [5.41, 5.74) is 3.40. The molecule has 0 aliphatic rings. The molecule has 6 heteroatoms. The van der Waals surface area contributed by atoms with Crippen LogP contribution in [0.25, 0.3) is 11.3 Å². The van der Waals surface area contributed by atoms with Crippen LogP contribution in [-0.4, -0.2) is 11.1 Å². The van der Waals surface area contributed by atoms with Crippen LogP contribution in [0.15, 0.2) is 47.0 Å². The van der Waals surface area contributed by atoms with E-state index in [1.165, 1.54) is 0 Å². The summed E-state index contributed by atoms with van der Waals surface area (Å²) in [6.45, 7) is 3.99. The number of amides is 1. The lowest BCUT2D eigenvalue weighted by Gasteiger charge is -2.10. The normalized spacial score (nSPS) is 10.7. The number of carbonyl (C=O) groups excluding carboxylic acids is 1. The first-order chi connectivity index (χ1) is 12.0. The minimum Gasteiger partial charge on any atom is -0.355 e. The van der Waals surface area contributed by atoms with Gasteiger partial charge >= 0.3 is 0 Å². The van der Waals surface area contributed by atoms with Crippen LogP contribution in [0.2, 0.25) is 10.0 Å². The molecule has 1 heterocycles. The highest BCUT2D eigenvalue weighted by atomic mass is 35.5. The first-order valence-electron chi connectivity index (χ1n) is 7.72. The van der Waals surface area contributed by atoms with Gasteiger partial charge in [-0.15, -0.1) is 0 Å². The van der Waals surface area contributed by atoms with Gasteiger partial charge in [0.1, 0.15) is 5.56 Å². The SMILES string of the molecule is Cc1cccc(Cl)c1CNC(=O)c1c(C)noc1-c1ccccc1Cl. The number of nitrogens with one attached hydrogen (secondary N) is 1. The van der Waals surface area contributed by atoms with Crippen molar-refractivity contribution in [3.05, 3.63) is 74.9 Å². The molecule has 0 fully saturated rings. The van der Waals surface area contributed by atoms with Gasteiger partial charge in [-0.1, -0.05) is 52.6 Å². The number of nitrogens with zero attached hydrogens (tertiary/aromatic N) is 1. The Bertz CT molecular complexity index is 915. The zero-order chi connectivity index (χ0) is 18.0. The fraction of sp³-hybridized carbons (Fsp3) is 0.158. The third kappa shape index (κ3) is 3.55. The molecule has 2 aromatic carbocycles. The molecule has 3 rings (SSSR count). The summed E-state index contributed by atoms with van der Waals surface area (Å²) >= 11 is 12.4. The van der Waals surface area contributed by atoms with Crippen LogP contribution >= 0.6 is 23.2 Å². The van der Waals surface area contributed by atoms with Crippen LogP contribution in [0.5, 0.6) is 0 Å². The van der Waals surface area contributed by atoms with Gasteiger partial charge in [-0.05, 0) is 43.2 Å². The molecule has 0 bridgehead atoms. The molecule has 25 heavy (non-hydrogen) atoms. The van der Waals surface area contributed by atoms with E-state index in [1.807, 2.05) is 31.2 Å². The molecule has 3 aromatic rings. The van der Waals surface area contributed by atoms with Gasteiger partial charge in [0.05, 0.1) is 10.7 Å². The van der Waals surface area contributed by atoms with Crippen molar-refractivity contribution in [2.75, 3.05) is 0 Å². The molecule has 0 radical (unpaired) electrons. The van der Waals surface area contributed by atoms with E-state index in [4.69, 9.17) is 27.7 Å². The maximum Gasteiger partial charge on any atom is 0.257 e. The number of rotatable bonds is 4. The Hall–Kier alpha value is -2.30. The summed E-state index contributed by atoms with van der Waals surface area (Å²) in [6, 6.07) is 12.8. The maximum absolute atomic E-state index is 12.7. The van der Waals surface area contributed by atoms with Crippen LogP contribution in [0.4, 0.5) is 0 Å². The molecule has 1 aromatic heterocycles. The zero-order valence-electron chi connectivity index (χ0n) is 13.8. The van der Waals surface area contributed by atoms with Gasteiger partial charge in [0, 0.05) is 17.1 Å². The Labute approximate surface area is 155 Å².